The predicted octanol–water partition coefficient (Wildman–Crippen LogP) is 4.05. The minimum absolute atomic E-state index is 0.0145. The Hall–Kier alpha value is -2.94. The van der Waals surface area contributed by atoms with E-state index in [2.05, 4.69) is 12.1 Å². The Balaban J connectivity index is 1.75. The van der Waals surface area contributed by atoms with Crippen molar-refractivity contribution in [2.45, 2.75) is 5.60 Å². The van der Waals surface area contributed by atoms with Crippen LogP contribution in [0.5, 0.6) is 11.5 Å². The first-order chi connectivity index (χ1) is 17.7. The van der Waals surface area contributed by atoms with Gasteiger partial charge in [-0.15, -0.1) is 0 Å². The first kappa shape index (κ1) is 27.6. The summed E-state index contributed by atoms with van der Waals surface area (Å²) in [6.45, 7) is 2.94. The van der Waals surface area contributed by atoms with E-state index in [4.69, 9.17) is 33.5 Å². The molecule has 0 radical (unpaired) electrons. The first-order valence-corrected chi connectivity index (χ1v) is 12.1. The van der Waals surface area contributed by atoms with Crippen LogP contribution in [0.3, 0.4) is 0 Å². The molecule has 0 aliphatic heterocycles. The Morgan fingerprint density at radius 1 is 0.528 bits per heavy atom. The Labute approximate surface area is 213 Å². The van der Waals surface area contributed by atoms with Gasteiger partial charge in [-0.1, -0.05) is 54.6 Å². The van der Waals surface area contributed by atoms with Crippen LogP contribution >= 0.6 is 0 Å². The highest BCUT2D eigenvalue weighted by atomic mass is 16.6. The van der Waals surface area contributed by atoms with Gasteiger partial charge in [-0.3, -0.25) is 0 Å². The normalized spacial score (nSPS) is 11.4. The molecule has 0 saturated carbocycles. The van der Waals surface area contributed by atoms with Gasteiger partial charge >= 0.3 is 0 Å². The Bertz CT molecular complexity index is 927. The monoisotopic (exact) mass is 496 g/mol. The fourth-order valence-corrected chi connectivity index (χ4v) is 3.93. The van der Waals surface area contributed by atoms with Gasteiger partial charge in [0.1, 0.15) is 17.1 Å². The summed E-state index contributed by atoms with van der Waals surface area (Å²) < 4.78 is 33.9. The molecule has 194 valence electrons. The fraction of sp³-hybridized carbons (Fsp3) is 0.379. The highest BCUT2D eigenvalue weighted by molar-refractivity contribution is 5.49. The van der Waals surface area contributed by atoms with Crippen molar-refractivity contribution in [3.8, 4) is 11.5 Å². The molecule has 7 nitrogen and oxygen atoms in total. The molecule has 36 heavy (non-hydrogen) atoms. The van der Waals surface area contributed by atoms with Gasteiger partial charge in [-0.25, -0.2) is 0 Å². The Kier molecular flexibility index (Phi) is 11.7. The maximum Gasteiger partial charge on any atom is 0.143 e. The van der Waals surface area contributed by atoms with E-state index in [1.807, 2.05) is 66.7 Å². The lowest BCUT2D eigenvalue weighted by atomic mass is 9.80. The molecular weight excluding hydrogens is 460 g/mol. The lowest BCUT2D eigenvalue weighted by Crippen LogP contribution is -2.34. The van der Waals surface area contributed by atoms with Gasteiger partial charge in [0.25, 0.3) is 0 Å². The van der Waals surface area contributed by atoms with Crippen molar-refractivity contribution in [3.05, 3.63) is 95.6 Å². The maximum absolute atomic E-state index is 8.70. The SMILES string of the molecule is COc1ccc(C(OCCOCCOCCOCCO)(c2ccccc2)c2ccc(OC)cc2)cc1. The molecule has 0 fully saturated rings. The van der Waals surface area contributed by atoms with Crippen molar-refractivity contribution >= 4 is 0 Å². The summed E-state index contributed by atoms with van der Waals surface area (Å²) in [6, 6.07) is 26.1. The van der Waals surface area contributed by atoms with Crippen molar-refractivity contribution in [2.75, 3.05) is 67.1 Å². The third kappa shape index (κ3) is 7.53. The van der Waals surface area contributed by atoms with E-state index in [1.165, 1.54) is 0 Å². The van der Waals surface area contributed by atoms with Gasteiger partial charge in [0.15, 0.2) is 0 Å². The number of rotatable bonds is 17. The molecular formula is C29H36O7. The lowest BCUT2D eigenvalue weighted by Gasteiger charge is -2.36. The molecule has 0 bridgehead atoms. The number of hydrogen-bond acceptors (Lipinski definition) is 7. The molecule has 3 rings (SSSR count). The van der Waals surface area contributed by atoms with Gasteiger partial charge in [0, 0.05) is 0 Å². The van der Waals surface area contributed by atoms with Crippen molar-refractivity contribution in [1.29, 1.82) is 0 Å². The summed E-state index contributed by atoms with van der Waals surface area (Å²) in [5.41, 5.74) is 2.10. The molecule has 0 spiro atoms. The molecule has 1 N–H and O–H groups in total. The molecule has 0 heterocycles. The second-order valence-electron chi connectivity index (χ2n) is 7.91. The number of aliphatic hydroxyl groups excluding tert-OH is 1. The van der Waals surface area contributed by atoms with Gasteiger partial charge in [-0.05, 0) is 41.0 Å². The highest BCUT2D eigenvalue weighted by Gasteiger charge is 2.37. The molecule has 0 unspecified atom stereocenters. The lowest BCUT2D eigenvalue weighted by molar-refractivity contribution is -0.0375. The summed E-state index contributed by atoms with van der Waals surface area (Å²) in [5, 5.41) is 8.70. The largest absolute Gasteiger partial charge is 0.497 e. The summed E-state index contributed by atoms with van der Waals surface area (Å²) in [6.07, 6.45) is 0. The summed E-state index contributed by atoms with van der Waals surface area (Å²) in [4.78, 5) is 0. The minimum atomic E-state index is -0.857. The predicted molar refractivity (Wildman–Crippen MR) is 138 cm³/mol. The number of ether oxygens (including phenoxy) is 6. The number of benzene rings is 3. The van der Waals surface area contributed by atoms with E-state index in [0.29, 0.717) is 46.2 Å². The first-order valence-electron chi connectivity index (χ1n) is 12.1. The van der Waals surface area contributed by atoms with Crippen LogP contribution in [0, 0.1) is 0 Å². The Morgan fingerprint density at radius 3 is 1.39 bits per heavy atom. The van der Waals surface area contributed by atoms with E-state index in [9.17, 15) is 0 Å². The van der Waals surface area contributed by atoms with Crippen LogP contribution < -0.4 is 9.47 Å². The average Bonchev–Trinajstić information content (AvgIpc) is 2.94. The molecule has 3 aromatic rings. The van der Waals surface area contributed by atoms with Crippen LogP contribution in [0.15, 0.2) is 78.9 Å². The average molecular weight is 497 g/mol. The van der Waals surface area contributed by atoms with E-state index >= 15 is 0 Å². The summed E-state index contributed by atoms with van der Waals surface area (Å²) in [7, 11) is 3.31. The molecule has 0 aliphatic rings. The minimum Gasteiger partial charge on any atom is -0.497 e. The Morgan fingerprint density at radius 2 is 0.944 bits per heavy atom. The van der Waals surface area contributed by atoms with Crippen LogP contribution in [0.4, 0.5) is 0 Å². The topological polar surface area (TPSA) is 75.6 Å². The van der Waals surface area contributed by atoms with E-state index < -0.39 is 5.60 Å². The third-order valence-electron chi connectivity index (χ3n) is 5.70. The van der Waals surface area contributed by atoms with Gasteiger partial charge < -0.3 is 33.5 Å². The van der Waals surface area contributed by atoms with Gasteiger partial charge in [0.05, 0.1) is 67.1 Å². The van der Waals surface area contributed by atoms with Crippen LogP contribution in [0.2, 0.25) is 0 Å². The second kappa shape index (κ2) is 15.2. The van der Waals surface area contributed by atoms with Gasteiger partial charge in [-0.2, -0.15) is 0 Å². The number of aliphatic hydroxyl groups is 1. The smallest absolute Gasteiger partial charge is 0.143 e. The zero-order valence-corrected chi connectivity index (χ0v) is 21.1. The number of methoxy groups -OCH3 is 2. The van der Waals surface area contributed by atoms with Crippen LogP contribution in [-0.2, 0) is 24.5 Å². The molecule has 0 amide bonds. The molecule has 0 atom stereocenters. The standard InChI is InChI=1S/C29H36O7/c1-31-27-12-8-25(9-13-27)29(24-6-4-3-5-7-24,26-10-14-28(32-2)15-11-26)36-23-22-35-21-20-34-19-18-33-17-16-30/h3-15,30H,16-23H2,1-2H3. The molecule has 0 aliphatic carbocycles. The fourth-order valence-electron chi connectivity index (χ4n) is 3.93. The second-order valence-corrected chi connectivity index (χ2v) is 7.91. The zero-order chi connectivity index (χ0) is 25.5. The summed E-state index contributed by atoms with van der Waals surface area (Å²) >= 11 is 0. The third-order valence-corrected chi connectivity index (χ3v) is 5.70. The van der Waals surface area contributed by atoms with Crippen molar-refractivity contribution in [2.24, 2.45) is 0 Å². The van der Waals surface area contributed by atoms with Crippen LogP contribution in [0.25, 0.3) is 0 Å². The molecule has 0 aromatic heterocycles. The summed E-state index contributed by atoms with van der Waals surface area (Å²) in [5.74, 6) is 1.56. The van der Waals surface area contributed by atoms with Gasteiger partial charge in [0.2, 0.25) is 0 Å². The molecule has 0 saturated heterocycles. The van der Waals surface area contributed by atoms with Crippen molar-refractivity contribution in [3.63, 3.8) is 0 Å². The maximum atomic E-state index is 8.70. The van der Waals surface area contributed by atoms with Crippen molar-refractivity contribution < 1.29 is 33.5 Å². The van der Waals surface area contributed by atoms with E-state index in [0.717, 1.165) is 28.2 Å². The molecule has 7 heteroatoms. The number of hydrogen-bond donors (Lipinski definition) is 1. The van der Waals surface area contributed by atoms with E-state index in [-0.39, 0.29) is 6.61 Å². The van der Waals surface area contributed by atoms with Crippen molar-refractivity contribution in [1.82, 2.24) is 0 Å². The molecule has 3 aromatic carbocycles. The van der Waals surface area contributed by atoms with Crippen LogP contribution in [0.1, 0.15) is 16.7 Å². The zero-order valence-electron chi connectivity index (χ0n) is 21.1. The van der Waals surface area contributed by atoms with E-state index in [1.54, 1.807) is 14.2 Å². The highest BCUT2D eigenvalue weighted by Crippen LogP contribution is 2.41. The quantitative estimate of drug-likeness (QED) is 0.223. The van der Waals surface area contributed by atoms with Crippen LogP contribution in [-0.4, -0.2) is 72.2 Å².